The molecular formula is C16H25BrN2O. The van der Waals surface area contributed by atoms with E-state index in [9.17, 15) is 0 Å². The first kappa shape index (κ1) is 16.0. The Balaban J connectivity index is 2.29. The lowest BCUT2D eigenvalue weighted by atomic mass is 9.94. The summed E-state index contributed by atoms with van der Waals surface area (Å²) in [6, 6.07) is 9.35. The average molecular weight is 341 g/mol. The number of hydrogen-bond acceptors (Lipinski definition) is 3. The van der Waals surface area contributed by atoms with Crippen molar-refractivity contribution in [2.24, 2.45) is 5.73 Å². The third kappa shape index (κ3) is 3.61. The molecule has 0 aromatic heterocycles. The summed E-state index contributed by atoms with van der Waals surface area (Å²) in [5.74, 6) is 0. The molecule has 20 heavy (non-hydrogen) atoms. The van der Waals surface area contributed by atoms with Gasteiger partial charge in [-0.05, 0) is 38.0 Å². The van der Waals surface area contributed by atoms with Crippen LogP contribution in [0.5, 0.6) is 0 Å². The normalized spacial score (nSPS) is 27.2. The number of benzene rings is 1. The van der Waals surface area contributed by atoms with Gasteiger partial charge in [-0.2, -0.15) is 0 Å². The highest BCUT2D eigenvalue weighted by molar-refractivity contribution is 9.10. The van der Waals surface area contributed by atoms with Gasteiger partial charge in [0.15, 0.2) is 0 Å². The lowest BCUT2D eigenvalue weighted by Crippen LogP contribution is -2.53. The van der Waals surface area contributed by atoms with Crippen molar-refractivity contribution in [1.82, 2.24) is 4.90 Å². The fraction of sp³-hybridized carbons (Fsp3) is 0.625. The minimum Gasteiger partial charge on any atom is -0.376 e. The van der Waals surface area contributed by atoms with E-state index >= 15 is 0 Å². The number of morpholine rings is 1. The summed E-state index contributed by atoms with van der Waals surface area (Å²) < 4.78 is 6.85. The van der Waals surface area contributed by atoms with Crippen molar-refractivity contribution in [1.29, 1.82) is 0 Å². The standard InChI is InChI=1S/C16H25BrN2O/c1-4-15(18)16(13-5-7-14(17)8-6-13)19-9-12(3)20-10-11(19)2/h5-8,11-12,15-16H,4,9-10,18H2,1-3H3. The third-order valence-corrected chi connectivity index (χ3v) is 4.63. The zero-order chi connectivity index (χ0) is 14.7. The molecule has 0 aliphatic carbocycles. The summed E-state index contributed by atoms with van der Waals surface area (Å²) in [4.78, 5) is 2.51. The quantitative estimate of drug-likeness (QED) is 0.913. The minimum atomic E-state index is 0.143. The molecule has 1 aromatic carbocycles. The van der Waals surface area contributed by atoms with Crippen molar-refractivity contribution in [3.05, 3.63) is 34.3 Å². The molecule has 0 amide bonds. The Hall–Kier alpha value is -0.420. The Kier molecular flexibility index (Phi) is 5.61. The van der Waals surface area contributed by atoms with E-state index < -0.39 is 0 Å². The molecule has 2 N–H and O–H groups in total. The second-order valence-corrected chi connectivity index (χ2v) is 6.67. The van der Waals surface area contributed by atoms with E-state index in [1.807, 2.05) is 0 Å². The van der Waals surface area contributed by atoms with Crippen LogP contribution in [0.25, 0.3) is 0 Å². The van der Waals surface area contributed by atoms with E-state index in [2.05, 4.69) is 65.9 Å². The largest absolute Gasteiger partial charge is 0.376 e. The van der Waals surface area contributed by atoms with Crippen LogP contribution in [0.3, 0.4) is 0 Å². The van der Waals surface area contributed by atoms with E-state index in [4.69, 9.17) is 10.5 Å². The predicted octanol–water partition coefficient (Wildman–Crippen LogP) is 3.34. The SMILES string of the molecule is CCC(N)C(c1ccc(Br)cc1)N1CC(C)OCC1C. The molecule has 0 saturated carbocycles. The van der Waals surface area contributed by atoms with Gasteiger partial charge >= 0.3 is 0 Å². The summed E-state index contributed by atoms with van der Waals surface area (Å²) in [6.45, 7) is 8.24. The number of halogens is 1. The summed E-state index contributed by atoms with van der Waals surface area (Å²) in [6.07, 6.45) is 1.24. The Bertz CT molecular complexity index is 423. The molecule has 112 valence electrons. The first-order valence-corrected chi connectivity index (χ1v) is 8.20. The van der Waals surface area contributed by atoms with E-state index in [0.717, 1.165) is 24.0 Å². The monoisotopic (exact) mass is 340 g/mol. The second-order valence-electron chi connectivity index (χ2n) is 5.76. The topological polar surface area (TPSA) is 38.5 Å². The maximum absolute atomic E-state index is 6.43. The predicted molar refractivity (Wildman–Crippen MR) is 86.7 cm³/mol. The summed E-state index contributed by atoms with van der Waals surface area (Å²) in [5.41, 5.74) is 7.73. The molecule has 1 aliphatic rings. The van der Waals surface area contributed by atoms with Crippen LogP contribution in [0.15, 0.2) is 28.7 Å². The van der Waals surface area contributed by atoms with Crippen LogP contribution >= 0.6 is 15.9 Å². The Morgan fingerprint density at radius 2 is 2.00 bits per heavy atom. The molecule has 1 saturated heterocycles. The fourth-order valence-corrected chi connectivity index (χ4v) is 3.15. The van der Waals surface area contributed by atoms with Gasteiger partial charge in [-0.15, -0.1) is 0 Å². The number of nitrogens with zero attached hydrogens (tertiary/aromatic N) is 1. The zero-order valence-electron chi connectivity index (χ0n) is 12.6. The van der Waals surface area contributed by atoms with Crippen LogP contribution in [-0.4, -0.2) is 36.2 Å². The molecule has 1 fully saturated rings. The molecule has 1 aliphatic heterocycles. The smallest absolute Gasteiger partial charge is 0.0675 e. The van der Waals surface area contributed by atoms with Gasteiger partial charge in [0.1, 0.15) is 0 Å². The van der Waals surface area contributed by atoms with Crippen LogP contribution in [0, 0.1) is 0 Å². The Labute approximate surface area is 130 Å². The minimum absolute atomic E-state index is 0.143. The van der Waals surface area contributed by atoms with Crippen LogP contribution in [-0.2, 0) is 4.74 Å². The van der Waals surface area contributed by atoms with E-state index in [-0.39, 0.29) is 18.2 Å². The molecule has 0 spiro atoms. The van der Waals surface area contributed by atoms with Crippen LogP contribution < -0.4 is 5.73 Å². The van der Waals surface area contributed by atoms with Gasteiger partial charge in [0.05, 0.1) is 18.8 Å². The molecule has 3 nitrogen and oxygen atoms in total. The van der Waals surface area contributed by atoms with Crippen LogP contribution in [0.4, 0.5) is 0 Å². The summed E-state index contributed by atoms with van der Waals surface area (Å²) >= 11 is 3.50. The second kappa shape index (κ2) is 7.03. The third-order valence-electron chi connectivity index (χ3n) is 4.10. The van der Waals surface area contributed by atoms with Crippen LogP contribution in [0.1, 0.15) is 38.8 Å². The summed E-state index contributed by atoms with van der Waals surface area (Å²) in [7, 11) is 0. The molecule has 0 bridgehead atoms. The summed E-state index contributed by atoms with van der Waals surface area (Å²) in [5, 5.41) is 0. The highest BCUT2D eigenvalue weighted by atomic mass is 79.9. The van der Waals surface area contributed by atoms with E-state index in [1.54, 1.807) is 0 Å². The van der Waals surface area contributed by atoms with Gasteiger partial charge in [0.2, 0.25) is 0 Å². The van der Waals surface area contributed by atoms with Crippen molar-refractivity contribution in [2.75, 3.05) is 13.2 Å². The van der Waals surface area contributed by atoms with Crippen molar-refractivity contribution < 1.29 is 4.74 Å². The molecule has 4 atom stereocenters. The van der Waals surface area contributed by atoms with Gasteiger partial charge in [-0.1, -0.05) is 35.0 Å². The van der Waals surface area contributed by atoms with Crippen molar-refractivity contribution in [3.8, 4) is 0 Å². The van der Waals surface area contributed by atoms with Gasteiger partial charge in [0, 0.05) is 23.1 Å². The van der Waals surface area contributed by atoms with E-state index in [0.29, 0.717) is 6.04 Å². The van der Waals surface area contributed by atoms with Crippen LogP contribution in [0.2, 0.25) is 0 Å². The number of nitrogens with two attached hydrogens (primary N) is 1. The Morgan fingerprint density at radius 3 is 2.60 bits per heavy atom. The van der Waals surface area contributed by atoms with Gasteiger partial charge in [-0.25, -0.2) is 0 Å². The molecule has 1 aromatic rings. The first-order valence-electron chi connectivity index (χ1n) is 7.41. The molecule has 2 rings (SSSR count). The number of rotatable bonds is 4. The number of hydrogen-bond donors (Lipinski definition) is 1. The maximum Gasteiger partial charge on any atom is 0.0675 e. The Morgan fingerprint density at radius 1 is 1.35 bits per heavy atom. The highest BCUT2D eigenvalue weighted by Crippen LogP contribution is 2.30. The fourth-order valence-electron chi connectivity index (χ4n) is 2.88. The van der Waals surface area contributed by atoms with Gasteiger partial charge in [0.25, 0.3) is 0 Å². The number of ether oxygens (including phenoxy) is 1. The van der Waals surface area contributed by atoms with Gasteiger partial charge in [-0.3, -0.25) is 4.90 Å². The lowest BCUT2D eigenvalue weighted by Gasteiger charge is -2.44. The molecule has 4 heteroatoms. The molecular weight excluding hydrogens is 316 g/mol. The zero-order valence-corrected chi connectivity index (χ0v) is 14.1. The van der Waals surface area contributed by atoms with Crippen molar-refractivity contribution >= 4 is 15.9 Å². The highest BCUT2D eigenvalue weighted by Gasteiger charge is 2.33. The van der Waals surface area contributed by atoms with Gasteiger partial charge < -0.3 is 10.5 Å². The first-order chi connectivity index (χ1) is 9.52. The van der Waals surface area contributed by atoms with Crippen molar-refractivity contribution in [2.45, 2.75) is 51.4 Å². The van der Waals surface area contributed by atoms with E-state index in [1.165, 1.54) is 5.56 Å². The lowest BCUT2D eigenvalue weighted by molar-refractivity contribution is -0.0707. The molecule has 0 radical (unpaired) electrons. The van der Waals surface area contributed by atoms with Crippen molar-refractivity contribution in [3.63, 3.8) is 0 Å². The maximum atomic E-state index is 6.43. The molecule has 1 heterocycles. The average Bonchev–Trinajstić information content (AvgIpc) is 2.44. The molecule has 4 unspecified atom stereocenters.